The standard InChI is InChI=1S/C5N2O2/c6-2-4(8)1-5(9)3-7. The number of ketones is 2. The van der Waals surface area contributed by atoms with Crippen molar-refractivity contribution in [2.24, 2.45) is 0 Å². The largest absolute Gasteiger partial charge is 0.281 e. The van der Waals surface area contributed by atoms with Crippen LogP contribution in [0.1, 0.15) is 0 Å². The van der Waals surface area contributed by atoms with E-state index in [4.69, 9.17) is 10.5 Å². The number of rotatable bonds is 2. The molecule has 0 saturated carbocycles. The van der Waals surface area contributed by atoms with Gasteiger partial charge in [0, 0.05) is 0 Å². The van der Waals surface area contributed by atoms with Gasteiger partial charge in [-0.3, -0.25) is 9.59 Å². The van der Waals surface area contributed by atoms with Crippen LogP contribution in [-0.2, 0) is 9.59 Å². The van der Waals surface area contributed by atoms with Crippen LogP contribution in [0.25, 0.3) is 0 Å². The summed E-state index contributed by atoms with van der Waals surface area (Å²) in [5.74, 6) is -2.25. The maximum atomic E-state index is 9.94. The van der Waals surface area contributed by atoms with Crippen LogP contribution in [0.3, 0.4) is 0 Å². The molecule has 0 amide bonds. The summed E-state index contributed by atoms with van der Waals surface area (Å²) in [5, 5.41) is 15.5. The molecule has 0 N–H and O–H groups in total. The van der Waals surface area contributed by atoms with Gasteiger partial charge in [-0.2, -0.15) is 10.5 Å². The summed E-state index contributed by atoms with van der Waals surface area (Å²) in [6.45, 7) is 0. The maximum absolute atomic E-state index is 9.94. The summed E-state index contributed by atoms with van der Waals surface area (Å²) in [4.78, 5) is 19.9. The second kappa shape index (κ2) is 3.34. The molecule has 0 spiro atoms. The Morgan fingerprint density at radius 2 is 1.33 bits per heavy atom. The lowest BCUT2D eigenvalue weighted by molar-refractivity contribution is -0.116. The second-order valence-electron chi connectivity index (χ2n) is 1.01. The van der Waals surface area contributed by atoms with Crippen LogP contribution >= 0.6 is 0 Å². The molecular weight excluding hydrogens is 120 g/mol. The van der Waals surface area contributed by atoms with E-state index < -0.39 is 11.6 Å². The SMILES string of the molecule is N#CC(=O)[C]C(=O)C#N. The Hall–Kier alpha value is -1.68. The molecule has 9 heavy (non-hydrogen) atoms. The third kappa shape index (κ3) is 2.95. The lowest BCUT2D eigenvalue weighted by Gasteiger charge is -1.74. The molecule has 0 aromatic rings. The smallest absolute Gasteiger partial charge is 0.249 e. The average molecular weight is 120 g/mol. The molecule has 0 saturated heterocycles. The molecule has 0 atom stereocenters. The van der Waals surface area contributed by atoms with Gasteiger partial charge in [-0.15, -0.1) is 0 Å². The molecule has 0 aliphatic rings. The van der Waals surface area contributed by atoms with Crippen LogP contribution in [0, 0.1) is 29.1 Å². The van der Waals surface area contributed by atoms with E-state index in [0.29, 0.717) is 0 Å². The number of hydrogen-bond acceptors (Lipinski definition) is 4. The number of nitrogens with zero attached hydrogens (tertiary/aromatic N) is 2. The first-order valence-electron chi connectivity index (χ1n) is 1.86. The lowest BCUT2D eigenvalue weighted by atomic mass is 10.2. The van der Waals surface area contributed by atoms with Gasteiger partial charge >= 0.3 is 0 Å². The number of nitriles is 2. The zero-order valence-electron chi connectivity index (χ0n) is 4.21. The number of carbonyl (C=O) groups excluding carboxylic acids is 2. The van der Waals surface area contributed by atoms with Crippen molar-refractivity contribution in [2.45, 2.75) is 0 Å². The maximum Gasteiger partial charge on any atom is 0.249 e. The normalized spacial score (nSPS) is 6.89. The molecule has 0 aromatic heterocycles. The zero-order chi connectivity index (χ0) is 7.28. The van der Waals surface area contributed by atoms with Crippen LogP contribution < -0.4 is 0 Å². The molecule has 0 bridgehead atoms. The molecule has 0 unspecified atom stereocenters. The fraction of sp³-hybridized carbons (Fsp3) is 0. The fourth-order valence-electron chi connectivity index (χ4n) is 0.159. The van der Waals surface area contributed by atoms with E-state index in [1.807, 2.05) is 0 Å². The Morgan fingerprint density at radius 3 is 1.56 bits per heavy atom. The van der Waals surface area contributed by atoms with Crippen molar-refractivity contribution in [2.75, 3.05) is 0 Å². The third-order valence-corrected chi connectivity index (χ3v) is 0.430. The van der Waals surface area contributed by atoms with Gasteiger partial charge in [0.2, 0.25) is 11.6 Å². The summed E-state index contributed by atoms with van der Waals surface area (Å²) >= 11 is 0. The van der Waals surface area contributed by atoms with E-state index in [0.717, 1.165) is 12.1 Å². The highest BCUT2D eigenvalue weighted by atomic mass is 16.1. The molecule has 0 aromatic carbocycles. The minimum absolute atomic E-state index is 1.11. The van der Waals surface area contributed by atoms with Crippen molar-refractivity contribution in [1.82, 2.24) is 0 Å². The molecule has 0 rings (SSSR count). The van der Waals surface area contributed by atoms with E-state index in [2.05, 4.69) is 0 Å². The molecular formula is C5N2O2. The Kier molecular flexibility index (Phi) is 2.72. The van der Waals surface area contributed by atoms with Crippen LogP contribution in [-0.4, -0.2) is 11.6 Å². The molecule has 0 fully saturated rings. The van der Waals surface area contributed by atoms with Gasteiger partial charge in [-0.25, -0.2) is 0 Å². The molecule has 4 heteroatoms. The van der Waals surface area contributed by atoms with Gasteiger partial charge in [0.15, 0.2) is 6.42 Å². The highest BCUT2D eigenvalue weighted by Gasteiger charge is 2.07. The van der Waals surface area contributed by atoms with Crippen LogP contribution in [0.5, 0.6) is 0 Å². The summed E-state index contributed by atoms with van der Waals surface area (Å²) < 4.78 is 0. The average Bonchev–Trinajstić information content (AvgIpc) is 1.87. The van der Waals surface area contributed by atoms with Crippen molar-refractivity contribution >= 4 is 11.6 Å². The Bertz CT molecular complexity index is 194. The summed E-state index contributed by atoms with van der Waals surface area (Å²) in [7, 11) is 0. The Morgan fingerprint density at radius 1 is 1.00 bits per heavy atom. The number of hydrogen-bond donors (Lipinski definition) is 0. The fourth-order valence-corrected chi connectivity index (χ4v) is 0.159. The van der Waals surface area contributed by atoms with Crippen LogP contribution in [0.2, 0.25) is 0 Å². The van der Waals surface area contributed by atoms with E-state index >= 15 is 0 Å². The van der Waals surface area contributed by atoms with Crippen molar-refractivity contribution in [1.29, 1.82) is 10.5 Å². The lowest BCUT2D eigenvalue weighted by Crippen LogP contribution is -2.03. The summed E-state index contributed by atoms with van der Waals surface area (Å²) in [6.07, 6.45) is 1.48. The van der Waals surface area contributed by atoms with Crippen molar-refractivity contribution in [3.8, 4) is 12.1 Å². The van der Waals surface area contributed by atoms with E-state index in [9.17, 15) is 9.59 Å². The van der Waals surface area contributed by atoms with Gasteiger partial charge in [0.1, 0.15) is 12.1 Å². The highest BCUT2D eigenvalue weighted by molar-refractivity contribution is 6.21. The van der Waals surface area contributed by atoms with Crippen molar-refractivity contribution in [3.63, 3.8) is 0 Å². The first kappa shape index (κ1) is 7.32. The first-order chi connectivity index (χ1) is 4.20. The van der Waals surface area contributed by atoms with Gasteiger partial charge < -0.3 is 0 Å². The molecule has 0 aliphatic heterocycles. The molecule has 4 nitrogen and oxygen atoms in total. The summed E-state index contributed by atoms with van der Waals surface area (Å²) in [5.41, 5.74) is 0. The minimum atomic E-state index is -1.12. The predicted octanol–water partition coefficient (Wildman–Crippen LogP) is -0.747. The molecule has 42 valence electrons. The highest BCUT2D eigenvalue weighted by Crippen LogP contribution is 1.79. The van der Waals surface area contributed by atoms with E-state index in [1.54, 1.807) is 0 Å². The minimum Gasteiger partial charge on any atom is -0.281 e. The first-order valence-corrected chi connectivity index (χ1v) is 1.86. The Labute approximate surface area is 51.3 Å². The molecule has 2 radical (unpaired) electrons. The molecule has 0 aliphatic carbocycles. The zero-order valence-corrected chi connectivity index (χ0v) is 4.21. The van der Waals surface area contributed by atoms with Crippen molar-refractivity contribution < 1.29 is 9.59 Å². The predicted molar refractivity (Wildman–Crippen MR) is 24.5 cm³/mol. The number of Topliss-reactive ketones (excluding diaryl/α,β-unsaturated/α-hetero) is 2. The van der Waals surface area contributed by atoms with Crippen LogP contribution in [0.4, 0.5) is 0 Å². The second-order valence-corrected chi connectivity index (χ2v) is 1.01. The third-order valence-electron chi connectivity index (χ3n) is 0.430. The number of carbonyl (C=O) groups is 2. The monoisotopic (exact) mass is 120 g/mol. The van der Waals surface area contributed by atoms with Gasteiger partial charge in [-0.05, 0) is 0 Å². The van der Waals surface area contributed by atoms with Gasteiger partial charge in [0.25, 0.3) is 0 Å². The van der Waals surface area contributed by atoms with Gasteiger partial charge in [0.05, 0.1) is 0 Å². The molecule has 0 heterocycles. The Balaban J connectivity index is 3.82. The van der Waals surface area contributed by atoms with E-state index in [1.165, 1.54) is 6.42 Å². The topological polar surface area (TPSA) is 81.7 Å². The van der Waals surface area contributed by atoms with Gasteiger partial charge in [-0.1, -0.05) is 0 Å². The quantitative estimate of drug-likeness (QED) is 0.449. The van der Waals surface area contributed by atoms with Crippen molar-refractivity contribution in [3.05, 3.63) is 6.42 Å². The summed E-state index contributed by atoms with van der Waals surface area (Å²) in [6, 6.07) is 2.22. The van der Waals surface area contributed by atoms with Crippen LogP contribution in [0.15, 0.2) is 0 Å². The van der Waals surface area contributed by atoms with E-state index in [-0.39, 0.29) is 0 Å².